The van der Waals surface area contributed by atoms with Gasteiger partial charge in [0.05, 0.1) is 18.0 Å². The molecule has 2 amide bonds. The lowest BCUT2D eigenvalue weighted by molar-refractivity contribution is -0.139. The molecular weight excluding hydrogens is 514 g/mol. The van der Waals surface area contributed by atoms with Gasteiger partial charge in [-0.15, -0.1) is 0 Å². The number of ether oxygens (including phenoxy) is 1. The lowest BCUT2D eigenvalue weighted by Crippen LogP contribution is -2.55. The number of benzene rings is 3. The van der Waals surface area contributed by atoms with Crippen LogP contribution in [-0.2, 0) is 19.6 Å². The van der Waals surface area contributed by atoms with Crippen LogP contribution in [0.1, 0.15) is 35.6 Å². The highest BCUT2D eigenvalue weighted by Crippen LogP contribution is 2.32. The molecule has 0 aliphatic carbocycles. The van der Waals surface area contributed by atoms with Gasteiger partial charge >= 0.3 is 0 Å². The summed E-state index contributed by atoms with van der Waals surface area (Å²) in [6.07, 6.45) is 0.206. The molecule has 0 saturated carbocycles. The number of sulfonamides is 1. The summed E-state index contributed by atoms with van der Waals surface area (Å²) in [5, 5.41) is 0. The zero-order valence-corrected chi connectivity index (χ0v) is 23.0. The number of aryl methyl sites for hydroxylation is 1. The van der Waals surface area contributed by atoms with E-state index in [1.54, 1.807) is 17.9 Å². The Morgan fingerprint density at radius 2 is 1.49 bits per heavy atom. The number of rotatable bonds is 7. The number of nitrogens with zero attached hydrogens (tertiary/aromatic N) is 3. The van der Waals surface area contributed by atoms with Gasteiger partial charge in [0.15, 0.2) is 0 Å². The highest BCUT2D eigenvalue weighted by molar-refractivity contribution is 7.89. The molecule has 2 saturated heterocycles. The molecule has 2 aliphatic heterocycles. The van der Waals surface area contributed by atoms with E-state index in [-0.39, 0.29) is 29.7 Å². The molecule has 3 aromatic carbocycles. The first kappa shape index (κ1) is 26.9. The van der Waals surface area contributed by atoms with Crippen LogP contribution in [0.5, 0.6) is 5.75 Å². The van der Waals surface area contributed by atoms with Crippen molar-refractivity contribution in [1.29, 1.82) is 0 Å². The van der Waals surface area contributed by atoms with Gasteiger partial charge in [-0.25, -0.2) is 12.7 Å². The second-order valence-corrected chi connectivity index (χ2v) is 11.8. The molecule has 0 radical (unpaired) electrons. The van der Waals surface area contributed by atoms with Crippen LogP contribution in [0.25, 0.3) is 0 Å². The van der Waals surface area contributed by atoms with Crippen LogP contribution in [-0.4, -0.2) is 73.7 Å². The van der Waals surface area contributed by atoms with Crippen LogP contribution in [0.3, 0.4) is 0 Å². The molecule has 0 spiro atoms. The lowest BCUT2D eigenvalue weighted by atomic mass is 9.96. The molecule has 0 aromatic heterocycles. The number of amides is 2. The van der Waals surface area contributed by atoms with Crippen molar-refractivity contribution in [1.82, 2.24) is 14.1 Å². The van der Waals surface area contributed by atoms with E-state index in [4.69, 9.17) is 4.74 Å². The first-order chi connectivity index (χ1) is 18.8. The van der Waals surface area contributed by atoms with Crippen molar-refractivity contribution < 1.29 is 22.7 Å². The monoisotopic (exact) mass is 547 g/mol. The lowest BCUT2D eigenvalue weighted by Gasteiger charge is -2.41. The summed E-state index contributed by atoms with van der Waals surface area (Å²) in [7, 11) is -2.68. The zero-order chi connectivity index (χ0) is 27.6. The molecule has 2 heterocycles. The van der Waals surface area contributed by atoms with E-state index < -0.39 is 22.0 Å². The summed E-state index contributed by atoms with van der Waals surface area (Å²) in [5.41, 5.74) is 2.99. The summed E-state index contributed by atoms with van der Waals surface area (Å²) in [6.45, 7) is 3.91. The van der Waals surface area contributed by atoms with Crippen LogP contribution in [0.4, 0.5) is 0 Å². The van der Waals surface area contributed by atoms with Crippen molar-refractivity contribution in [2.24, 2.45) is 0 Å². The normalized spacial score (nSPS) is 18.5. The SMILES string of the molecule is COc1ccc(S(=O)(=O)N2C(=O)CC[C@H]2C(=O)N2CCN(C(c3ccccc3)c3ccccc3)CC2)cc1C. The van der Waals surface area contributed by atoms with E-state index >= 15 is 0 Å². The minimum Gasteiger partial charge on any atom is -0.496 e. The maximum absolute atomic E-state index is 13.6. The summed E-state index contributed by atoms with van der Waals surface area (Å²) in [5.74, 6) is -0.310. The Balaban J connectivity index is 1.33. The van der Waals surface area contributed by atoms with Gasteiger partial charge < -0.3 is 9.64 Å². The predicted octanol–water partition coefficient (Wildman–Crippen LogP) is 3.62. The number of carbonyl (C=O) groups excluding carboxylic acids is 2. The molecule has 8 nitrogen and oxygen atoms in total. The van der Waals surface area contributed by atoms with Crippen LogP contribution in [0.15, 0.2) is 83.8 Å². The van der Waals surface area contributed by atoms with Gasteiger partial charge in [-0.2, -0.15) is 0 Å². The number of piperazine rings is 1. The molecule has 39 heavy (non-hydrogen) atoms. The average Bonchev–Trinajstić information content (AvgIpc) is 3.36. The third-order valence-electron chi connectivity index (χ3n) is 7.59. The van der Waals surface area contributed by atoms with E-state index in [1.165, 1.54) is 30.4 Å². The zero-order valence-electron chi connectivity index (χ0n) is 22.2. The van der Waals surface area contributed by atoms with Crippen molar-refractivity contribution in [3.63, 3.8) is 0 Å². The molecular formula is C30H33N3O5S. The van der Waals surface area contributed by atoms with Crippen molar-refractivity contribution in [2.45, 2.75) is 36.7 Å². The van der Waals surface area contributed by atoms with Gasteiger partial charge in [0.25, 0.3) is 10.0 Å². The fraction of sp³-hybridized carbons (Fsp3) is 0.333. The summed E-state index contributed by atoms with van der Waals surface area (Å²) in [6, 6.07) is 24.0. The third kappa shape index (κ3) is 5.29. The Kier molecular flexibility index (Phi) is 7.72. The largest absolute Gasteiger partial charge is 0.496 e. The summed E-state index contributed by atoms with van der Waals surface area (Å²) in [4.78, 5) is 30.5. The highest BCUT2D eigenvalue weighted by atomic mass is 32.2. The fourth-order valence-electron chi connectivity index (χ4n) is 5.61. The summed E-state index contributed by atoms with van der Waals surface area (Å²) >= 11 is 0. The van der Waals surface area contributed by atoms with Crippen LogP contribution < -0.4 is 4.74 Å². The molecule has 0 bridgehead atoms. The van der Waals surface area contributed by atoms with Gasteiger partial charge in [0, 0.05) is 32.6 Å². The fourth-order valence-corrected chi connectivity index (χ4v) is 7.29. The molecule has 0 N–H and O–H groups in total. The van der Waals surface area contributed by atoms with Crippen LogP contribution in [0, 0.1) is 6.92 Å². The minimum absolute atomic E-state index is 0.0211. The Bertz CT molecular complexity index is 1400. The van der Waals surface area contributed by atoms with Gasteiger partial charge in [-0.1, -0.05) is 60.7 Å². The van der Waals surface area contributed by atoms with Crippen molar-refractivity contribution in [2.75, 3.05) is 33.3 Å². The second kappa shape index (κ2) is 11.2. The number of hydrogen-bond donors (Lipinski definition) is 0. The first-order valence-electron chi connectivity index (χ1n) is 13.2. The smallest absolute Gasteiger partial charge is 0.267 e. The number of methoxy groups -OCH3 is 1. The van der Waals surface area contributed by atoms with Gasteiger partial charge in [-0.05, 0) is 48.2 Å². The standard InChI is InChI=1S/C30H33N3O5S/c1-22-21-25(13-15-27(22)38-2)39(36,37)33-26(14-16-28(33)34)30(35)32-19-17-31(18-20-32)29(23-9-5-3-6-10-23)24-11-7-4-8-12-24/h3-13,15,21,26,29H,14,16-20H2,1-2H3/t26-/m0/s1. The molecule has 9 heteroatoms. The van der Waals surface area contributed by atoms with E-state index in [1.807, 2.05) is 36.4 Å². The first-order valence-corrected chi connectivity index (χ1v) is 14.6. The van der Waals surface area contributed by atoms with E-state index in [9.17, 15) is 18.0 Å². The Labute approximate surface area is 229 Å². The molecule has 2 aliphatic rings. The Morgan fingerprint density at radius 3 is 2.03 bits per heavy atom. The maximum atomic E-state index is 13.6. The molecule has 3 aromatic rings. The molecule has 5 rings (SSSR count). The van der Waals surface area contributed by atoms with Gasteiger partial charge in [0.1, 0.15) is 11.8 Å². The molecule has 204 valence electrons. The van der Waals surface area contributed by atoms with Crippen LogP contribution in [0.2, 0.25) is 0 Å². The molecule has 0 unspecified atom stereocenters. The van der Waals surface area contributed by atoms with Crippen molar-refractivity contribution >= 4 is 21.8 Å². The maximum Gasteiger partial charge on any atom is 0.267 e. The quantitative estimate of drug-likeness (QED) is 0.449. The highest BCUT2D eigenvalue weighted by Gasteiger charge is 2.46. The Hall–Kier alpha value is -3.69. The second-order valence-electron chi connectivity index (χ2n) is 9.97. The van der Waals surface area contributed by atoms with Crippen molar-refractivity contribution in [3.05, 3.63) is 95.6 Å². The topological polar surface area (TPSA) is 87.2 Å². The predicted molar refractivity (Wildman–Crippen MR) is 148 cm³/mol. The van der Waals surface area contributed by atoms with E-state index in [2.05, 4.69) is 29.2 Å². The van der Waals surface area contributed by atoms with Crippen LogP contribution >= 0.6 is 0 Å². The van der Waals surface area contributed by atoms with Gasteiger partial charge in [-0.3, -0.25) is 14.5 Å². The summed E-state index contributed by atoms with van der Waals surface area (Å²) < 4.78 is 33.1. The van der Waals surface area contributed by atoms with E-state index in [0.717, 1.165) is 4.31 Å². The average molecular weight is 548 g/mol. The molecule has 1 atom stereocenters. The van der Waals surface area contributed by atoms with Gasteiger partial charge in [0.2, 0.25) is 11.8 Å². The van der Waals surface area contributed by atoms with E-state index in [0.29, 0.717) is 37.5 Å². The molecule has 2 fully saturated rings. The third-order valence-corrected chi connectivity index (χ3v) is 9.42. The van der Waals surface area contributed by atoms with Crippen molar-refractivity contribution in [3.8, 4) is 5.75 Å². The Morgan fingerprint density at radius 1 is 0.897 bits per heavy atom. The minimum atomic E-state index is -4.19. The number of carbonyl (C=O) groups is 2. The number of hydrogen-bond acceptors (Lipinski definition) is 6.